The Labute approximate surface area is 224 Å². The van der Waals surface area contributed by atoms with Crippen molar-refractivity contribution in [3.8, 4) is 28.4 Å². The summed E-state index contributed by atoms with van der Waals surface area (Å²) in [5.74, 6) is 2.15. The van der Waals surface area contributed by atoms with Crippen LogP contribution in [0.5, 0.6) is 17.2 Å². The molecule has 3 aromatic rings. The predicted octanol–water partition coefficient (Wildman–Crippen LogP) is 4.63. The molecule has 38 heavy (non-hydrogen) atoms. The first-order chi connectivity index (χ1) is 18.6. The molecule has 2 aromatic carbocycles. The second kappa shape index (κ2) is 11.7. The van der Waals surface area contributed by atoms with Gasteiger partial charge in [-0.3, -0.25) is 4.79 Å². The summed E-state index contributed by atoms with van der Waals surface area (Å²) in [5, 5.41) is 0. The molecule has 0 bridgehead atoms. The Balaban J connectivity index is 1.23. The van der Waals surface area contributed by atoms with Crippen molar-refractivity contribution >= 4 is 11.7 Å². The number of ether oxygens (including phenoxy) is 3. The number of hydrogen-bond acceptors (Lipinski definition) is 7. The summed E-state index contributed by atoms with van der Waals surface area (Å²) in [5.41, 5.74) is 9.45. The molecule has 1 aromatic heterocycles. The van der Waals surface area contributed by atoms with Crippen LogP contribution in [-0.2, 0) is 6.61 Å². The number of carbonyl (C=O) groups is 1. The van der Waals surface area contributed by atoms with Crippen LogP contribution in [0.1, 0.15) is 41.6 Å². The number of likely N-dealkylation sites (tertiary alicyclic amines) is 2. The topological polar surface area (TPSA) is 90.2 Å². The second-order valence-electron chi connectivity index (χ2n) is 9.89. The van der Waals surface area contributed by atoms with Crippen LogP contribution in [0.3, 0.4) is 0 Å². The average Bonchev–Trinajstić information content (AvgIpc) is 3.51. The number of carbonyl (C=O) groups excluding carboxylic acids is 1. The summed E-state index contributed by atoms with van der Waals surface area (Å²) in [6.07, 6.45) is 6.45. The van der Waals surface area contributed by atoms with Crippen LogP contribution in [0, 0.1) is 0 Å². The molecule has 0 atom stereocenters. The van der Waals surface area contributed by atoms with Gasteiger partial charge in [0.2, 0.25) is 0 Å². The Hall–Kier alpha value is -3.78. The third kappa shape index (κ3) is 5.55. The Bertz CT molecular complexity index is 1250. The van der Waals surface area contributed by atoms with E-state index in [1.807, 2.05) is 53.4 Å². The van der Waals surface area contributed by atoms with Crippen LogP contribution in [-0.4, -0.2) is 67.1 Å². The van der Waals surface area contributed by atoms with Gasteiger partial charge in [-0.25, -0.2) is 4.98 Å². The molecule has 3 heterocycles. The van der Waals surface area contributed by atoms with Crippen LogP contribution in [0.4, 0.5) is 5.82 Å². The Morgan fingerprint density at radius 2 is 1.68 bits per heavy atom. The van der Waals surface area contributed by atoms with E-state index in [4.69, 9.17) is 19.9 Å². The van der Waals surface area contributed by atoms with E-state index >= 15 is 0 Å². The molecule has 0 saturated carbocycles. The van der Waals surface area contributed by atoms with E-state index < -0.39 is 0 Å². The standard InChI is InChI=1S/C30H36N4O4/c1-36-26-7-5-6-23(28(26)37-2)20-38-27-18-24(19-32-29(27)31)21-8-10-22(11-9-21)30(35)34-16-12-25(13-17-34)33-14-3-4-15-33/h5-11,18-19,25H,3-4,12-17,20H2,1-2H3,(H2,31,32). The largest absolute Gasteiger partial charge is 0.493 e. The maximum Gasteiger partial charge on any atom is 0.253 e. The number of amides is 1. The average molecular weight is 517 g/mol. The number of rotatable bonds is 8. The number of para-hydroxylation sites is 1. The summed E-state index contributed by atoms with van der Waals surface area (Å²) in [4.78, 5) is 22.1. The highest BCUT2D eigenvalue weighted by molar-refractivity contribution is 5.94. The minimum absolute atomic E-state index is 0.100. The number of pyridine rings is 1. The first-order valence-electron chi connectivity index (χ1n) is 13.3. The van der Waals surface area contributed by atoms with Crippen LogP contribution in [0.2, 0.25) is 0 Å². The number of nitrogen functional groups attached to an aromatic ring is 1. The molecule has 0 spiro atoms. The van der Waals surface area contributed by atoms with Gasteiger partial charge in [-0.05, 0) is 68.6 Å². The van der Waals surface area contributed by atoms with Gasteiger partial charge in [-0.1, -0.05) is 24.3 Å². The smallest absolute Gasteiger partial charge is 0.253 e. The molecule has 8 heteroatoms. The molecule has 1 amide bonds. The van der Waals surface area contributed by atoms with Gasteiger partial charge in [0.25, 0.3) is 5.91 Å². The summed E-state index contributed by atoms with van der Waals surface area (Å²) in [7, 11) is 3.20. The lowest BCUT2D eigenvalue weighted by atomic mass is 10.0. The van der Waals surface area contributed by atoms with Crippen LogP contribution in [0.15, 0.2) is 54.7 Å². The van der Waals surface area contributed by atoms with Crippen molar-refractivity contribution in [2.45, 2.75) is 38.3 Å². The van der Waals surface area contributed by atoms with E-state index in [1.165, 1.54) is 25.9 Å². The minimum Gasteiger partial charge on any atom is -0.493 e. The molecule has 0 radical (unpaired) electrons. The third-order valence-corrected chi connectivity index (χ3v) is 7.62. The van der Waals surface area contributed by atoms with Crippen LogP contribution < -0.4 is 19.9 Å². The molecule has 0 aliphatic carbocycles. The zero-order valence-corrected chi connectivity index (χ0v) is 22.2. The number of benzene rings is 2. The van der Waals surface area contributed by atoms with Crippen molar-refractivity contribution in [2.24, 2.45) is 0 Å². The van der Waals surface area contributed by atoms with Gasteiger partial charge in [-0.15, -0.1) is 0 Å². The monoisotopic (exact) mass is 516 g/mol. The quantitative estimate of drug-likeness (QED) is 0.467. The maximum absolute atomic E-state index is 13.1. The van der Waals surface area contributed by atoms with Crippen molar-refractivity contribution < 1.29 is 19.0 Å². The van der Waals surface area contributed by atoms with Crippen molar-refractivity contribution in [1.29, 1.82) is 0 Å². The zero-order valence-electron chi connectivity index (χ0n) is 22.2. The van der Waals surface area contributed by atoms with Gasteiger partial charge in [0.15, 0.2) is 23.1 Å². The summed E-state index contributed by atoms with van der Waals surface area (Å²) in [6, 6.07) is 15.8. The van der Waals surface area contributed by atoms with Gasteiger partial charge in [0.1, 0.15) is 6.61 Å². The van der Waals surface area contributed by atoms with Gasteiger partial charge in [-0.2, -0.15) is 0 Å². The summed E-state index contributed by atoms with van der Waals surface area (Å²) in [6.45, 7) is 4.31. The first-order valence-corrected chi connectivity index (χ1v) is 13.3. The molecule has 2 fully saturated rings. The van der Waals surface area contributed by atoms with Gasteiger partial charge < -0.3 is 29.7 Å². The molecule has 2 aliphatic heterocycles. The zero-order chi connectivity index (χ0) is 26.5. The number of methoxy groups -OCH3 is 2. The van der Waals surface area contributed by atoms with Crippen LogP contribution >= 0.6 is 0 Å². The molecule has 2 N–H and O–H groups in total. The highest BCUT2D eigenvalue weighted by Crippen LogP contribution is 2.33. The van der Waals surface area contributed by atoms with Crippen molar-refractivity contribution in [2.75, 3.05) is 46.1 Å². The van der Waals surface area contributed by atoms with Gasteiger partial charge in [0, 0.05) is 42.0 Å². The first kappa shape index (κ1) is 25.9. The number of nitrogens with zero attached hydrogens (tertiary/aromatic N) is 3. The van der Waals surface area contributed by atoms with Crippen molar-refractivity contribution in [1.82, 2.24) is 14.8 Å². The lowest BCUT2D eigenvalue weighted by molar-refractivity contribution is 0.0644. The number of anilines is 1. The predicted molar refractivity (Wildman–Crippen MR) is 148 cm³/mol. The fourth-order valence-corrected chi connectivity index (χ4v) is 5.48. The van der Waals surface area contributed by atoms with Gasteiger partial charge in [0.05, 0.1) is 14.2 Å². The lowest BCUT2D eigenvalue weighted by Gasteiger charge is -2.36. The van der Waals surface area contributed by atoms with Crippen molar-refractivity contribution in [3.63, 3.8) is 0 Å². The number of piperidine rings is 1. The SMILES string of the molecule is COc1cccc(COc2cc(-c3ccc(C(=O)N4CCC(N5CCCC5)CC4)cc3)cnc2N)c1OC. The van der Waals surface area contributed by atoms with Crippen LogP contribution in [0.25, 0.3) is 11.1 Å². The van der Waals surface area contributed by atoms with E-state index in [1.54, 1.807) is 20.4 Å². The number of hydrogen-bond donors (Lipinski definition) is 1. The van der Waals surface area contributed by atoms with E-state index in [0.717, 1.165) is 42.6 Å². The molecule has 2 saturated heterocycles. The normalized spacial score (nSPS) is 16.4. The number of nitrogens with two attached hydrogens (primary N) is 1. The third-order valence-electron chi connectivity index (χ3n) is 7.62. The molecular formula is C30H36N4O4. The highest BCUT2D eigenvalue weighted by atomic mass is 16.5. The Morgan fingerprint density at radius 1 is 0.947 bits per heavy atom. The Morgan fingerprint density at radius 3 is 2.37 bits per heavy atom. The number of aromatic nitrogens is 1. The summed E-state index contributed by atoms with van der Waals surface area (Å²) < 4.78 is 16.9. The second-order valence-corrected chi connectivity index (χ2v) is 9.89. The van der Waals surface area contributed by atoms with E-state index in [0.29, 0.717) is 34.7 Å². The molecule has 2 aliphatic rings. The molecular weight excluding hydrogens is 480 g/mol. The highest BCUT2D eigenvalue weighted by Gasteiger charge is 2.28. The van der Waals surface area contributed by atoms with E-state index in [2.05, 4.69) is 9.88 Å². The molecule has 5 rings (SSSR count). The summed E-state index contributed by atoms with van der Waals surface area (Å²) >= 11 is 0. The van der Waals surface area contributed by atoms with E-state index in [9.17, 15) is 4.79 Å². The van der Waals surface area contributed by atoms with Crippen molar-refractivity contribution in [3.05, 3.63) is 65.9 Å². The van der Waals surface area contributed by atoms with E-state index in [-0.39, 0.29) is 12.5 Å². The molecule has 0 unspecified atom stereocenters. The molecule has 8 nitrogen and oxygen atoms in total. The fourth-order valence-electron chi connectivity index (χ4n) is 5.48. The minimum atomic E-state index is 0.100. The Kier molecular flexibility index (Phi) is 7.98. The van der Waals surface area contributed by atoms with Gasteiger partial charge >= 0.3 is 0 Å². The maximum atomic E-state index is 13.1. The fraction of sp³-hybridized carbons (Fsp3) is 0.400. The lowest BCUT2D eigenvalue weighted by Crippen LogP contribution is -2.45. The molecule has 200 valence electrons.